The zero-order valence-electron chi connectivity index (χ0n) is 23.1. The monoisotopic (exact) mass is 545 g/mol. The molecule has 0 amide bonds. The summed E-state index contributed by atoms with van der Waals surface area (Å²) in [6, 6.07) is 30.4. The van der Waals surface area contributed by atoms with Crippen molar-refractivity contribution in [2.75, 3.05) is 6.73 Å². The number of pyridine rings is 4. The van der Waals surface area contributed by atoms with Gasteiger partial charge in [0.25, 0.3) is 0 Å². The van der Waals surface area contributed by atoms with E-state index in [1.54, 1.807) is 0 Å². The highest BCUT2D eigenvalue weighted by Crippen LogP contribution is 2.23. The number of nitrogens with zero attached hydrogens (tertiary/aromatic N) is 6. The summed E-state index contributed by atoms with van der Waals surface area (Å²) in [6.45, 7) is 4.28. The summed E-state index contributed by atoms with van der Waals surface area (Å²) in [5.41, 5.74) is 12.1. The van der Waals surface area contributed by atoms with Crippen LogP contribution in [0.15, 0.2) is 116 Å². The Morgan fingerprint density at radius 3 is 1.15 bits per heavy atom. The first kappa shape index (κ1) is 28.0. The zero-order chi connectivity index (χ0) is 28.1. The molecule has 8 heteroatoms. The minimum absolute atomic E-state index is 0.111. The van der Waals surface area contributed by atoms with Crippen molar-refractivity contribution in [3.05, 3.63) is 150 Å². The minimum Gasteiger partial charge on any atom is -0.479 e. The van der Waals surface area contributed by atoms with E-state index in [2.05, 4.69) is 72.2 Å². The molecule has 8 nitrogen and oxygen atoms in total. The first-order valence-corrected chi connectivity index (χ1v) is 13.7. The van der Waals surface area contributed by atoms with Gasteiger partial charge in [-0.1, -0.05) is 30.3 Å². The molecule has 0 unspecified atom stereocenters. The summed E-state index contributed by atoms with van der Waals surface area (Å²) >= 11 is 0. The van der Waals surface area contributed by atoms with Crippen molar-refractivity contribution in [2.24, 2.45) is 5.73 Å². The first-order valence-electron chi connectivity index (χ1n) is 13.7. The second kappa shape index (κ2) is 14.8. The van der Waals surface area contributed by atoms with Gasteiger partial charge in [-0.25, -0.2) is 0 Å². The highest BCUT2D eigenvalue weighted by Gasteiger charge is 2.15. The lowest BCUT2D eigenvalue weighted by Crippen LogP contribution is -2.25. The molecule has 0 aliphatic heterocycles. The van der Waals surface area contributed by atoms with Gasteiger partial charge in [0, 0.05) is 64.1 Å². The molecule has 0 radical (unpaired) electrons. The van der Waals surface area contributed by atoms with Gasteiger partial charge in [0.1, 0.15) is 12.5 Å². The molecule has 0 atom stereocenters. The summed E-state index contributed by atoms with van der Waals surface area (Å²) in [5.74, 6) is 0.756. The fourth-order valence-electron chi connectivity index (χ4n) is 4.83. The van der Waals surface area contributed by atoms with Crippen LogP contribution in [0.3, 0.4) is 0 Å². The van der Waals surface area contributed by atoms with Crippen LogP contribution in [-0.2, 0) is 39.3 Å². The van der Waals surface area contributed by atoms with Crippen LogP contribution in [-0.4, -0.2) is 36.5 Å². The van der Waals surface area contributed by atoms with E-state index in [0.29, 0.717) is 39.3 Å². The van der Waals surface area contributed by atoms with Gasteiger partial charge in [-0.2, -0.15) is 0 Å². The van der Waals surface area contributed by atoms with Gasteiger partial charge in [-0.15, -0.1) is 0 Å². The Kier molecular flexibility index (Phi) is 10.1. The lowest BCUT2D eigenvalue weighted by Gasteiger charge is -2.24. The largest absolute Gasteiger partial charge is 0.479 e. The molecule has 0 saturated carbocycles. The lowest BCUT2D eigenvalue weighted by molar-refractivity contribution is 0.236. The van der Waals surface area contributed by atoms with Gasteiger partial charge in [0.15, 0.2) is 0 Å². The molecule has 0 fully saturated rings. The van der Waals surface area contributed by atoms with Crippen LogP contribution < -0.4 is 10.5 Å². The standard InChI is InChI=1S/C33H35N7O/c34-26-41-33-18-27(20-39(22-29-9-1-5-13-35-29)23-30-10-2-6-14-36-30)17-28(19-33)21-40(24-31-11-3-7-15-37-31)25-32-12-4-8-16-38-32/h1-19H,20-26,34H2. The summed E-state index contributed by atoms with van der Waals surface area (Å²) in [7, 11) is 0. The van der Waals surface area contributed by atoms with Gasteiger partial charge in [-0.05, 0) is 71.8 Å². The third kappa shape index (κ3) is 9.01. The van der Waals surface area contributed by atoms with Crippen LogP contribution in [0.2, 0.25) is 0 Å². The van der Waals surface area contributed by atoms with Gasteiger partial charge in [-0.3, -0.25) is 35.5 Å². The Morgan fingerprint density at radius 1 is 0.488 bits per heavy atom. The Balaban J connectivity index is 1.40. The average molecular weight is 546 g/mol. The van der Waals surface area contributed by atoms with E-state index in [-0.39, 0.29) is 6.73 Å². The number of aromatic nitrogens is 4. The SMILES string of the molecule is NCOc1cc(CN(Cc2ccccn2)Cc2ccccn2)cc(CN(Cc2ccccn2)Cc2ccccn2)c1. The third-order valence-electron chi connectivity index (χ3n) is 6.54. The normalized spacial score (nSPS) is 11.2. The predicted octanol–water partition coefficient (Wildman–Crippen LogP) is 4.97. The van der Waals surface area contributed by atoms with E-state index in [4.69, 9.17) is 10.5 Å². The van der Waals surface area contributed by atoms with Crippen molar-refractivity contribution in [3.63, 3.8) is 0 Å². The molecule has 0 aliphatic rings. The topological polar surface area (TPSA) is 93.3 Å². The molecule has 1 aromatic carbocycles. The fourth-order valence-corrected chi connectivity index (χ4v) is 4.83. The van der Waals surface area contributed by atoms with E-state index in [1.165, 1.54) is 0 Å². The van der Waals surface area contributed by atoms with Crippen LogP contribution >= 0.6 is 0 Å². The van der Waals surface area contributed by atoms with E-state index < -0.39 is 0 Å². The fraction of sp³-hybridized carbons (Fsp3) is 0.212. The minimum atomic E-state index is 0.111. The Hall–Kier alpha value is -4.50. The van der Waals surface area contributed by atoms with Crippen molar-refractivity contribution >= 4 is 0 Å². The molecular formula is C33H35N7O. The maximum atomic E-state index is 5.81. The van der Waals surface area contributed by atoms with Crippen LogP contribution in [0.25, 0.3) is 0 Å². The third-order valence-corrected chi connectivity index (χ3v) is 6.54. The summed E-state index contributed by atoms with van der Waals surface area (Å²) in [5, 5.41) is 0. The number of rotatable bonds is 14. The average Bonchev–Trinajstić information content (AvgIpc) is 2.99. The van der Waals surface area contributed by atoms with E-state index in [0.717, 1.165) is 39.7 Å². The van der Waals surface area contributed by atoms with Crippen molar-refractivity contribution in [1.29, 1.82) is 0 Å². The smallest absolute Gasteiger partial charge is 0.137 e. The predicted molar refractivity (Wildman–Crippen MR) is 159 cm³/mol. The van der Waals surface area contributed by atoms with Crippen LogP contribution in [0, 0.1) is 0 Å². The van der Waals surface area contributed by atoms with Gasteiger partial charge < -0.3 is 4.74 Å². The Morgan fingerprint density at radius 2 is 0.854 bits per heavy atom. The summed E-state index contributed by atoms with van der Waals surface area (Å²) < 4.78 is 5.81. The van der Waals surface area contributed by atoms with E-state index in [1.807, 2.05) is 73.3 Å². The molecular weight excluding hydrogens is 510 g/mol. The van der Waals surface area contributed by atoms with E-state index >= 15 is 0 Å². The Labute approximate surface area is 241 Å². The molecule has 5 aromatic rings. The number of benzene rings is 1. The van der Waals surface area contributed by atoms with Crippen molar-refractivity contribution in [3.8, 4) is 5.75 Å². The molecule has 4 heterocycles. The molecule has 0 spiro atoms. The maximum Gasteiger partial charge on any atom is 0.137 e. The molecule has 5 rings (SSSR count). The van der Waals surface area contributed by atoms with Crippen molar-refractivity contribution in [2.45, 2.75) is 39.3 Å². The van der Waals surface area contributed by atoms with Crippen LogP contribution in [0.5, 0.6) is 5.75 Å². The van der Waals surface area contributed by atoms with Gasteiger partial charge in [0.2, 0.25) is 0 Å². The first-order chi connectivity index (χ1) is 20.2. The van der Waals surface area contributed by atoms with Crippen LogP contribution in [0.1, 0.15) is 33.9 Å². The molecule has 208 valence electrons. The molecule has 41 heavy (non-hydrogen) atoms. The molecule has 0 aliphatic carbocycles. The highest BCUT2D eigenvalue weighted by atomic mass is 16.5. The summed E-state index contributed by atoms with van der Waals surface area (Å²) in [6.07, 6.45) is 7.33. The number of nitrogens with two attached hydrogens (primary N) is 1. The van der Waals surface area contributed by atoms with E-state index in [9.17, 15) is 0 Å². The molecule has 2 N–H and O–H groups in total. The lowest BCUT2D eigenvalue weighted by atomic mass is 10.1. The molecule has 0 saturated heterocycles. The highest BCUT2D eigenvalue weighted by molar-refractivity contribution is 5.35. The maximum absolute atomic E-state index is 5.81. The zero-order valence-corrected chi connectivity index (χ0v) is 23.1. The second-order valence-corrected chi connectivity index (χ2v) is 9.87. The molecule has 4 aromatic heterocycles. The van der Waals surface area contributed by atoms with Gasteiger partial charge >= 0.3 is 0 Å². The van der Waals surface area contributed by atoms with Crippen molar-refractivity contribution < 1.29 is 4.74 Å². The number of ether oxygens (including phenoxy) is 1. The Bertz CT molecular complexity index is 1260. The van der Waals surface area contributed by atoms with Crippen LogP contribution in [0.4, 0.5) is 0 Å². The number of hydrogen-bond donors (Lipinski definition) is 1. The second-order valence-electron chi connectivity index (χ2n) is 9.87. The molecule has 0 bridgehead atoms. The van der Waals surface area contributed by atoms with Crippen molar-refractivity contribution in [1.82, 2.24) is 29.7 Å². The van der Waals surface area contributed by atoms with Gasteiger partial charge in [0.05, 0.1) is 22.8 Å². The quantitative estimate of drug-likeness (QED) is 0.196. The summed E-state index contributed by atoms with van der Waals surface area (Å²) in [4.78, 5) is 22.9. The number of hydrogen-bond acceptors (Lipinski definition) is 8.